The van der Waals surface area contributed by atoms with Crippen molar-refractivity contribution in [2.75, 3.05) is 13.2 Å². The van der Waals surface area contributed by atoms with Crippen LogP contribution in [0.3, 0.4) is 0 Å². The first-order valence-electron chi connectivity index (χ1n) is 25.6. The summed E-state index contributed by atoms with van der Waals surface area (Å²) in [6, 6.07) is 36.8. The molecule has 0 aromatic heterocycles. The molecule has 3 N–H and O–H groups in total. The number of carbonyl (C=O) groups excluding carboxylic acids is 3. The number of ketones is 1. The molecule has 2 aliphatic carbocycles. The van der Waals surface area contributed by atoms with Crippen LogP contribution < -0.4 is 17.0 Å². The molecule has 0 unspecified atom stereocenters. The van der Waals surface area contributed by atoms with Gasteiger partial charge >= 0.3 is 45.4 Å². The molecule has 0 saturated heterocycles. The number of ether oxygens (including phenoxy) is 2. The van der Waals surface area contributed by atoms with Crippen LogP contribution in [0.5, 0.6) is 0 Å². The fraction of sp³-hybridized carbons (Fsp3) is 0.443. The molecule has 79 heavy (non-hydrogen) atoms. The van der Waals surface area contributed by atoms with Crippen LogP contribution in [0.25, 0.3) is 0 Å². The zero-order valence-corrected chi connectivity index (χ0v) is 59.6. The quantitative estimate of drug-likeness (QED) is 0.0474. The van der Waals surface area contributed by atoms with Crippen LogP contribution in [0.4, 0.5) is 0 Å². The predicted octanol–water partition coefficient (Wildman–Crippen LogP) is 14.6. The SMILES string of the molecule is CC.CC(C)(O)CCCc1cccc(Br)c1.CC1(C)CCC(=O)c2cc(Br)ccc21.CC1(C)CCCc2cc(Br)ccc21.CCOC(=O)CCCc1cccc(Br)c1.CCOC(=O)Cc1cccc(Br)c1.O=S(=O)(O)O.[Br-].[CH3-].[Mg+2]. The van der Waals surface area contributed by atoms with Crippen molar-refractivity contribution in [2.24, 2.45) is 0 Å². The van der Waals surface area contributed by atoms with E-state index in [4.69, 9.17) is 27.0 Å². The molecule has 0 bridgehead atoms. The second-order valence-electron chi connectivity index (χ2n) is 19.7. The standard InChI is InChI=1S/C12H15BrO2.C12H13BrO.C12H17BrO.C12H15Br.C10H11BrO2.C2H6.CH3.BrH.Mg.H2O4S/c1-2-15-12(14)8-4-6-10-5-3-7-11(13)9-10;1-12(2)6-5-11(14)9-7-8(13)3-4-10(9)12;1-12(2,14)8-4-6-10-5-3-7-11(13)9-10;1-12(2)7-3-4-9-8-10(13)5-6-11(9)12;1-2-13-10(12)7-8-4-3-5-9(11)6-8;1-2;;;;1-5(2,3)4/h3,5,7,9H,2,4,6,8H2,1H3;3-4,7H,5-6H2,1-2H3;3,5,7,9,14H,4,6,8H2,1-2H3;5-6,8H,3-4,7H2,1-2H3;3-6H,2,7H2,1H3;1-2H3;1H3;1H;;(H2,1,2,3,4)/q;;;;;;-1;;+2;/p-1. The maximum absolute atomic E-state index is 11.7. The number of esters is 2. The van der Waals surface area contributed by atoms with Crippen LogP contribution in [0.1, 0.15) is 164 Å². The number of hydrogen-bond donors (Lipinski definition) is 3. The smallest absolute Gasteiger partial charge is 1.00 e. The van der Waals surface area contributed by atoms with Gasteiger partial charge in [-0.25, -0.2) is 0 Å². The fourth-order valence-corrected chi connectivity index (χ4v) is 10.2. The Balaban J connectivity index is -0.000000879. The van der Waals surface area contributed by atoms with E-state index >= 15 is 0 Å². The van der Waals surface area contributed by atoms with Crippen molar-refractivity contribution in [3.8, 4) is 0 Å². The molecule has 0 heterocycles. The van der Waals surface area contributed by atoms with Gasteiger partial charge in [-0.3, -0.25) is 23.5 Å². The minimum absolute atomic E-state index is 0. The predicted molar refractivity (Wildman–Crippen MR) is 340 cm³/mol. The number of rotatable bonds is 12. The molecule has 0 fully saturated rings. The largest absolute Gasteiger partial charge is 2.00 e. The van der Waals surface area contributed by atoms with Gasteiger partial charge in [0.05, 0.1) is 25.2 Å². The number of benzene rings is 5. The maximum atomic E-state index is 11.7. The van der Waals surface area contributed by atoms with Crippen LogP contribution >= 0.6 is 79.6 Å². The molecular weight excluding hydrogens is 1430 g/mol. The molecule has 18 heteroatoms. The molecule has 0 amide bonds. The average molecular weight is 1510 g/mol. The van der Waals surface area contributed by atoms with Gasteiger partial charge in [-0.05, 0) is 190 Å². The fourth-order valence-electron chi connectivity index (χ4n) is 8.12. The molecule has 5 aromatic rings. The summed E-state index contributed by atoms with van der Waals surface area (Å²) >= 11 is 17.1. The van der Waals surface area contributed by atoms with Gasteiger partial charge in [0.15, 0.2) is 5.78 Å². The topological polar surface area (TPSA) is 164 Å². The summed E-state index contributed by atoms with van der Waals surface area (Å²) in [5, 5.41) is 9.54. The van der Waals surface area contributed by atoms with Crippen molar-refractivity contribution in [3.05, 3.63) is 178 Å². The summed E-state index contributed by atoms with van der Waals surface area (Å²) < 4.78 is 46.7. The van der Waals surface area contributed by atoms with Crippen LogP contribution in [-0.2, 0) is 66.0 Å². The number of fused-ring (bicyclic) bond motifs is 2. The molecule has 0 atom stereocenters. The molecule has 7 rings (SSSR count). The van der Waals surface area contributed by atoms with E-state index in [-0.39, 0.29) is 70.6 Å². The Hall–Kier alpha value is -1.81. The molecule has 0 aliphatic heterocycles. The summed E-state index contributed by atoms with van der Waals surface area (Å²) in [4.78, 5) is 33.9. The van der Waals surface area contributed by atoms with Gasteiger partial charge in [0.1, 0.15) is 0 Å². The Morgan fingerprint density at radius 1 is 0.620 bits per heavy atom. The molecular formula is C61H82Br6MgO10S. The molecule has 10 nitrogen and oxygen atoms in total. The van der Waals surface area contributed by atoms with Gasteiger partial charge in [-0.2, -0.15) is 8.42 Å². The van der Waals surface area contributed by atoms with Gasteiger partial charge in [0.25, 0.3) is 0 Å². The van der Waals surface area contributed by atoms with E-state index in [2.05, 4.69) is 156 Å². The third-order valence-electron chi connectivity index (χ3n) is 11.8. The number of hydrogen-bond acceptors (Lipinski definition) is 8. The first-order chi connectivity index (χ1) is 35.5. The van der Waals surface area contributed by atoms with E-state index in [1.54, 1.807) is 12.5 Å². The molecule has 5 aromatic carbocycles. The monoisotopic (exact) mass is 1500 g/mol. The average Bonchev–Trinajstić information content (AvgIpc) is 3.31. The normalized spacial score (nSPS) is 13.0. The van der Waals surface area contributed by atoms with Crippen molar-refractivity contribution < 1.29 is 63.5 Å². The number of aliphatic hydroxyl groups is 1. The molecule has 0 spiro atoms. The minimum atomic E-state index is -4.67. The zero-order valence-electron chi connectivity index (χ0n) is 47.9. The van der Waals surface area contributed by atoms with E-state index in [1.807, 2.05) is 95.3 Å². The van der Waals surface area contributed by atoms with E-state index in [1.165, 1.54) is 46.0 Å². The second-order valence-corrected chi connectivity index (χ2v) is 25.2. The van der Waals surface area contributed by atoms with Crippen molar-refractivity contribution in [1.29, 1.82) is 0 Å². The summed E-state index contributed by atoms with van der Waals surface area (Å²) in [5.74, 6) is -0.00581. The Morgan fingerprint density at radius 2 is 1.04 bits per heavy atom. The molecule has 0 saturated carbocycles. The summed E-state index contributed by atoms with van der Waals surface area (Å²) in [6.07, 6.45) is 11.0. The van der Waals surface area contributed by atoms with Gasteiger partial charge in [0, 0.05) is 40.8 Å². The Morgan fingerprint density at radius 3 is 1.52 bits per heavy atom. The maximum Gasteiger partial charge on any atom is 2.00 e. The summed E-state index contributed by atoms with van der Waals surface area (Å²) in [5.41, 5.74) is 8.69. The zero-order chi connectivity index (χ0) is 57.7. The van der Waals surface area contributed by atoms with Gasteiger partial charge in [-0.15, -0.1) is 0 Å². The first kappa shape index (κ1) is 81.4. The van der Waals surface area contributed by atoms with Crippen LogP contribution in [0.2, 0.25) is 0 Å². The van der Waals surface area contributed by atoms with E-state index in [0.29, 0.717) is 37.9 Å². The number of Topliss-reactive ketones (excluding diaryl/α,β-unsaturated/α-hetero) is 1. The van der Waals surface area contributed by atoms with E-state index in [9.17, 15) is 19.5 Å². The van der Waals surface area contributed by atoms with Crippen molar-refractivity contribution in [1.82, 2.24) is 0 Å². The van der Waals surface area contributed by atoms with Gasteiger partial charge in [-0.1, -0.05) is 170 Å². The van der Waals surface area contributed by atoms with Gasteiger partial charge < -0.3 is 39.0 Å². The van der Waals surface area contributed by atoms with Crippen molar-refractivity contribution >= 4 is 131 Å². The minimum Gasteiger partial charge on any atom is -1.00 e. The Labute approximate surface area is 542 Å². The van der Waals surface area contributed by atoms with Crippen molar-refractivity contribution in [3.63, 3.8) is 0 Å². The number of aryl methyl sites for hydroxylation is 3. The van der Waals surface area contributed by atoms with Crippen LogP contribution in [0.15, 0.2) is 132 Å². The third-order valence-corrected chi connectivity index (χ3v) is 14.2. The number of halogens is 6. The van der Waals surface area contributed by atoms with Gasteiger partial charge in [0.2, 0.25) is 0 Å². The number of carbonyl (C=O) groups is 3. The molecule has 2 aliphatic rings. The third kappa shape index (κ3) is 37.2. The molecule has 436 valence electrons. The summed E-state index contributed by atoms with van der Waals surface area (Å²) in [6.45, 7) is 21.3. The molecule has 0 radical (unpaired) electrons. The Bertz CT molecular complexity index is 2670. The van der Waals surface area contributed by atoms with Crippen LogP contribution in [-0.4, -0.2) is 82.2 Å². The second kappa shape index (κ2) is 42.1. The first-order valence-corrected chi connectivity index (χ1v) is 31.0. The van der Waals surface area contributed by atoms with E-state index in [0.717, 1.165) is 67.5 Å². The van der Waals surface area contributed by atoms with Crippen LogP contribution in [0, 0.1) is 7.43 Å². The summed E-state index contributed by atoms with van der Waals surface area (Å²) in [7, 11) is -4.67. The Kier molecular flexibility index (Phi) is 43.3. The van der Waals surface area contributed by atoms with E-state index < -0.39 is 16.0 Å². The van der Waals surface area contributed by atoms with Crippen molar-refractivity contribution in [2.45, 2.75) is 163 Å².